The highest BCUT2D eigenvalue weighted by Gasteiger charge is 2.27. The molecule has 0 radical (unpaired) electrons. The number of fused-ring (bicyclic) bond motifs is 1. The van der Waals surface area contributed by atoms with Crippen LogP contribution in [0.3, 0.4) is 0 Å². The second-order valence-electron chi connectivity index (χ2n) is 13.9. The number of aromatic nitrogens is 2. The van der Waals surface area contributed by atoms with Crippen LogP contribution in [0.1, 0.15) is 53.0 Å². The minimum atomic E-state index is -0.0169. The van der Waals surface area contributed by atoms with Crippen molar-refractivity contribution in [2.75, 3.05) is 56.1 Å². The molecule has 0 saturated carbocycles. The van der Waals surface area contributed by atoms with E-state index in [-0.39, 0.29) is 17.5 Å². The highest BCUT2D eigenvalue weighted by atomic mass is 16.5. The molecule has 8 nitrogen and oxygen atoms in total. The van der Waals surface area contributed by atoms with Gasteiger partial charge in [-0.25, -0.2) is 9.78 Å². The third kappa shape index (κ3) is 7.28. The molecule has 0 spiro atoms. The number of piperidine rings is 1. The summed E-state index contributed by atoms with van der Waals surface area (Å²) in [5.41, 5.74) is 6.64. The maximum Gasteiger partial charge on any atom is 0.322 e. The molecule has 3 aromatic carbocycles. The number of para-hydroxylation sites is 1. The van der Waals surface area contributed by atoms with E-state index in [2.05, 4.69) is 97.2 Å². The normalized spacial score (nSPS) is 19.6. The minimum Gasteiger partial charge on any atom is -0.492 e. The van der Waals surface area contributed by atoms with E-state index in [1.807, 2.05) is 29.2 Å². The lowest BCUT2D eigenvalue weighted by atomic mass is 9.87. The molecule has 1 aromatic heterocycles. The van der Waals surface area contributed by atoms with E-state index in [9.17, 15) is 4.79 Å². The van der Waals surface area contributed by atoms with Crippen LogP contribution in [0.25, 0.3) is 22.4 Å². The Labute approximate surface area is 267 Å². The zero-order valence-corrected chi connectivity index (χ0v) is 27.5. The number of ether oxygens (including phenoxy) is 1. The lowest BCUT2D eigenvalue weighted by Crippen LogP contribution is -2.47. The van der Waals surface area contributed by atoms with Crippen LogP contribution in [0.15, 0.2) is 66.7 Å². The van der Waals surface area contributed by atoms with Crippen molar-refractivity contribution in [3.8, 4) is 17.1 Å². The van der Waals surface area contributed by atoms with Gasteiger partial charge in [-0.3, -0.25) is 4.90 Å². The van der Waals surface area contributed by atoms with Crippen LogP contribution in [0.4, 0.5) is 16.2 Å². The first-order valence-corrected chi connectivity index (χ1v) is 16.5. The molecule has 4 aromatic rings. The fraction of sp³-hybridized carbons (Fsp3) is 0.459. The van der Waals surface area contributed by atoms with Crippen LogP contribution in [-0.2, 0) is 5.41 Å². The second-order valence-corrected chi connectivity index (χ2v) is 13.9. The number of imidazole rings is 1. The Morgan fingerprint density at radius 2 is 1.69 bits per heavy atom. The SMILES string of the molecule is C[C@H]1CC[C@H](C)N(C(=O)Nc2ccc(OCCN3CCN(c4cccc5[nH]c(-c6ccc(C(C)(C)C)cc6)nc45)CC3)cc2)C1. The zero-order valence-electron chi connectivity index (χ0n) is 27.5. The summed E-state index contributed by atoms with van der Waals surface area (Å²) in [6.07, 6.45) is 2.24. The van der Waals surface area contributed by atoms with Gasteiger partial charge >= 0.3 is 6.03 Å². The summed E-state index contributed by atoms with van der Waals surface area (Å²) in [4.78, 5) is 28.3. The van der Waals surface area contributed by atoms with Crippen molar-refractivity contribution in [1.29, 1.82) is 0 Å². The predicted octanol–water partition coefficient (Wildman–Crippen LogP) is 7.38. The topological polar surface area (TPSA) is 76.7 Å². The number of rotatable bonds is 7. The molecule has 0 bridgehead atoms. The van der Waals surface area contributed by atoms with Gasteiger partial charge in [0, 0.05) is 56.6 Å². The fourth-order valence-electron chi connectivity index (χ4n) is 6.44. The number of carbonyl (C=O) groups is 1. The number of carbonyl (C=O) groups excluding carboxylic acids is 1. The molecule has 2 atom stereocenters. The number of hydrogen-bond donors (Lipinski definition) is 2. The Bertz CT molecular complexity index is 1580. The van der Waals surface area contributed by atoms with Crippen molar-refractivity contribution in [1.82, 2.24) is 19.8 Å². The van der Waals surface area contributed by atoms with Crippen LogP contribution in [-0.4, -0.2) is 77.7 Å². The van der Waals surface area contributed by atoms with Gasteiger partial charge < -0.3 is 24.8 Å². The molecular formula is C37H48N6O2. The Kier molecular flexibility index (Phi) is 9.04. The number of amides is 2. The summed E-state index contributed by atoms with van der Waals surface area (Å²) in [5.74, 6) is 2.28. The van der Waals surface area contributed by atoms with Crippen molar-refractivity contribution >= 4 is 28.4 Å². The Balaban J connectivity index is 0.983. The summed E-state index contributed by atoms with van der Waals surface area (Å²) in [6.45, 7) is 17.2. The molecular weight excluding hydrogens is 560 g/mol. The Morgan fingerprint density at radius 3 is 2.40 bits per heavy atom. The van der Waals surface area contributed by atoms with Gasteiger partial charge in [0.05, 0.1) is 11.2 Å². The summed E-state index contributed by atoms with van der Waals surface area (Å²) in [7, 11) is 0. The van der Waals surface area contributed by atoms with E-state index in [0.29, 0.717) is 12.5 Å². The maximum absolute atomic E-state index is 12.8. The lowest BCUT2D eigenvalue weighted by molar-refractivity contribution is 0.147. The number of urea groups is 1. The quantitative estimate of drug-likeness (QED) is 0.229. The molecule has 8 heteroatoms. The molecule has 0 unspecified atom stereocenters. The molecule has 3 heterocycles. The van der Waals surface area contributed by atoms with Gasteiger partial charge in [0.15, 0.2) is 0 Å². The van der Waals surface area contributed by atoms with Crippen molar-refractivity contribution in [3.63, 3.8) is 0 Å². The van der Waals surface area contributed by atoms with Crippen molar-refractivity contribution in [3.05, 3.63) is 72.3 Å². The average molecular weight is 609 g/mol. The van der Waals surface area contributed by atoms with Crippen LogP contribution in [0, 0.1) is 5.92 Å². The Morgan fingerprint density at radius 1 is 0.956 bits per heavy atom. The van der Waals surface area contributed by atoms with Crippen LogP contribution < -0.4 is 15.0 Å². The van der Waals surface area contributed by atoms with E-state index in [1.54, 1.807) is 0 Å². The van der Waals surface area contributed by atoms with Crippen molar-refractivity contribution < 1.29 is 9.53 Å². The van der Waals surface area contributed by atoms with Gasteiger partial charge in [-0.15, -0.1) is 0 Å². The third-order valence-corrected chi connectivity index (χ3v) is 9.39. The van der Waals surface area contributed by atoms with Gasteiger partial charge in [0.2, 0.25) is 0 Å². The Hall–Kier alpha value is -4.04. The fourth-order valence-corrected chi connectivity index (χ4v) is 6.44. The third-order valence-electron chi connectivity index (χ3n) is 9.39. The molecule has 2 N–H and O–H groups in total. The number of benzene rings is 3. The monoisotopic (exact) mass is 608 g/mol. The van der Waals surface area contributed by atoms with Gasteiger partial charge in [-0.05, 0) is 73.1 Å². The van der Waals surface area contributed by atoms with Gasteiger partial charge in [-0.1, -0.05) is 58.0 Å². The van der Waals surface area contributed by atoms with Crippen molar-refractivity contribution in [2.24, 2.45) is 5.92 Å². The van der Waals surface area contributed by atoms with Gasteiger partial charge in [0.25, 0.3) is 0 Å². The smallest absolute Gasteiger partial charge is 0.322 e. The summed E-state index contributed by atoms with van der Waals surface area (Å²) in [5, 5.41) is 3.05. The first kappa shape index (κ1) is 31.0. The molecule has 6 rings (SSSR count). The summed E-state index contributed by atoms with van der Waals surface area (Å²) in [6, 6.07) is 23.2. The lowest BCUT2D eigenvalue weighted by Gasteiger charge is -2.36. The van der Waals surface area contributed by atoms with E-state index in [0.717, 1.165) is 79.5 Å². The van der Waals surface area contributed by atoms with E-state index < -0.39 is 0 Å². The number of likely N-dealkylation sites (tertiary alicyclic amines) is 1. The first-order valence-electron chi connectivity index (χ1n) is 16.5. The van der Waals surface area contributed by atoms with E-state index >= 15 is 0 Å². The standard InChI is InChI=1S/C37H48N6O2/c1-26-9-10-27(2)43(25-26)36(44)38-30-15-17-31(18-16-30)45-24-23-41-19-21-42(22-20-41)33-8-6-7-32-34(33)40-35(39-32)28-11-13-29(14-12-28)37(3,4)5/h6-8,11-18,26-27H,9-10,19-25H2,1-5H3,(H,38,44)(H,39,40)/t26-,27-/m0/s1. The minimum absolute atomic E-state index is 0.0169. The second kappa shape index (κ2) is 13.1. The number of piperazine rings is 1. The molecule has 238 valence electrons. The van der Waals surface area contributed by atoms with E-state index in [4.69, 9.17) is 9.72 Å². The number of H-pyrrole nitrogens is 1. The van der Waals surface area contributed by atoms with Crippen molar-refractivity contribution in [2.45, 2.75) is 58.9 Å². The largest absolute Gasteiger partial charge is 0.492 e. The molecule has 2 amide bonds. The highest BCUT2D eigenvalue weighted by molar-refractivity contribution is 5.91. The van der Waals surface area contributed by atoms with Gasteiger partial charge in [-0.2, -0.15) is 0 Å². The molecule has 2 saturated heterocycles. The van der Waals surface area contributed by atoms with Crippen LogP contribution >= 0.6 is 0 Å². The first-order chi connectivity index (χ1) is 21.6. The number of nitrogens with one attached hydrogen (secondary N) is 2. The number of nitrogens with zero attached hydrogens (tertiary/aromatic N) is 4. The summed E-state index contributed by atoms with van der Waals surface area (Å²) < 4.78 is 6.06. The highest BCUT2D eigenvalue weighted by Crippen LogP contribution is 2.31. The molecule has 2 aliphatic rings. The summed E-state index contributed by atoms with van der Waals surface area (Å²) >= 11 is 0. The maximum atomic E-state index is 12.8. The number of anilines is 2. The molecule has 2 fully saturated rings. The molecule has 45 heavy (non-hydrogen) atoms. The van der Waals surface area contributed by atoms with Crippen LogP contribution in [0.5, 0.6) is 5.75 Å². The predicted molar refractivity (Wildman–Crippen MR) is 184 cm³/mol. The number of hydrogen-bond acceptors (Lipinski definition) is 5. The van der Waals surface area contributed by atoms with Gasteiger partial charge in [0.1, 0.15) is 23.7 Å². The molecule has 2 aliphatic heterocycles. The number of aromatic amines is 1. The van der Waals surface area contributed by atoms with Crippen LogP contribution in [0.2, 0.25) is 0 Å². The van der Waals surface area contributed by atoms with E-state index in [1.165, 1.54) is 17.7 Å². The molecule has 0 aliphatic carbocycles. The average Bonchev–Trinajstić information content (AvgIpc) is 3.48. The zero-order chi connectivity index (χ0) is 31.6.